The third-order valence-corrected chi connectivity index (χ3v) is 7.70. The summed E-state index contributed by atoms with van der Waals surface area (Å²) in [5.41, 5.74) is 2.48. The molecule has 6 heterocycles. The first-order chi connectivity index (χ1) is 19.7. The van der Waals surface area contributed by atoms with Gasteiger partial charge in [0.1, 0.15) is 17.7 Å². The Balaban J connectivity index is 1.05. The summed E-state index contributed by atoms with van der Waals surface area (Å²) in [5.74, 6) is -1.78. The predicted molar refractivity (Wildman–Crippen MR) is 144 cm³/mol. The lowest BCUT2D eigenvalue weighted by Gasteiger charge is -2.47. The molecule has 11 nitrogen and oxygen atoms in total. The van der Waals surface area contributed by atoms with Gasteiger partial charge in [-0.15, -0.1) is 0 Å². The number of fused-ring (bicyclic) bond motifs is 1. The maximum Gasteiger partial charge on any atom is 0.451 e. The average Bonchev–Trinajstić information content (AvgIpc) is 3.60. The molecule has 6 rings (SSSR count). The highest BCUT2D eigenvalue weighted by Crippen LogP contribution is 2.31. The Morgan fingerprint density at radius 2 is 1.93 bits per heavy atom. The highest BCUT2D eigenvalue weighted by molar-refractivity contribution is 5.92. The number of alkyl halides is 3. The molecule has 0 aromatic carbocycles. The third-order valence-electron chi connectivity index (χ3n) is 7.70. The highest BCUT2D eigenvalue weighted by atomic mass is 19.4. The molecule has 0 saturated carbocycles. The molecule has 4 aromatic heterocycles. The van der Waals surface area contributed by atoms with Gasteiger partial charge in [0.2, 0.25) is 5.82 Å². The number of amides is 1. The molecule has 14 heteroatoms. The molecule has 2 fully saturated rings. The van der Waals surface area contributed by atoms with E-state index in [0.717, 1.165) is 48.2 Å². The Kier molecular flexibility index (Phi) is 7.20. The molecule has 41 heavy (non-hydrogen) atoms. The van der Waals surface area contributed by atoms with Crippen LogP contribution in [0.2, 0.25) is 0 Å². The summed E-state index contributed by atoms with van der Waals surface area (Å²) in [5, 5.41) is 8.57. The van der Waals surface area contributed by atoms with Crippen LogP contribution in [0.5, 0.6) is 0 Å². The number of aromatic amines is 1. The maximum absolute atomic E-state index is 13.4. The quantitative estimate of drug-likeness (QED) is 0.349. The van der Waals surface area contributed by atoms with E-state index in [-0.39, 0.29) is 30.0 Å². The lowest BCUT2D eigenvalue weighted by Crippen LogP contribution is -2.56. The standard InChI is InChI=1S/C27H31F3N10O/c1-16(2)32-11-18-9-22(37-26(36-18)27(28,29)30)25(41)38-7-4-19(5-8-38)39-13-20(14-39)40-12-17(10-35-40)23-21-3-6-31-24(21)34-15-33-23/h3,6,9-10,12,15-16,19-20,32H,4-5,7-8,11,13-14H2,1-2H3,(H,31,33,34). The normalized spacial score (nSPS) is 17.5. The van der Waals surface area contributed by atoms with E-state index < -0.39 is 17.9 Å². The van der Waals surface area contributed by atoms with E-state index in [1.54, 1.807) is 4.90 Å². The van der Waals surface area contributed by atoms with Crippen LogP contribution in [0.25, 0.3) is 22.3 Å². The fourth-order valence-corrected chi connectivity index (χ4v) is 5.44. The van der Waals surface area contributed by atoms with E-state index in [1.807, 2.05) is 43.2 Å². The second-order valence-corrected chi connectivity index (χ2v) is 10.9. The van der Waals surface area contributed by atoms with Crippen molar-refractivity contribution in [2.24, 2.45) is 0 Å². The van der Waals surface area contributed by atoms with E-state index in [4.69, 9.17) is 0 Å². The van der Waals surface area contributed by atoms with E-state index in [1.165, 1.54) is 12.4 Å². The Morgan fingerprint density at radius 3 is 2.66 bits per heavy atom. The molecule has 2 aliphatic heterocycles. The lowest BCUT2D eigenvalue weighted by atomic mass is 9.97. The molecule has 216 valence electrons. The molecule has 0 atom stereocenters. The number of nitrogens with one attached hydrogen (secondary N) is 2. The van der Waals surface area contributed by atoms with Gasteiger partial charge in [0.15, 0.2) is 0 Å². The molecule has 0 radical (unpaired) electrons. The van der Waals surface area contributed by atoms with Crippen LogP contribution < -0.4 is 5.32 Å². The second-order valence-electron chi connectivity index (χ2n) is 10.9. The van der Waals surface area contributed by atoms with E-state index in [2.05, 4.69) is 40.2 Å². The van der Waals surface area contributed by atoms with Crippen LogP contribution in [0.3, 0.4) is 0 Å². The van der Waals surface area contributed by atoms with Gasteiger partial charge in [0.05, 0.1) is 23.6 Å². The van der Waals surface area contributed by atoms with Crippen LogP contribution in [-0.4, -0.2) is 88.7 Å². The lowest BCUT2D eigenvalue weighted by molar-refractivity contribution is -0.145. The zero-order chi connectivity index (χ0) is 28.7. The number of hydrogen-bond donors (Lipinski definition) is 2. The first-order valence-electron chi connectivity index (χ1n) is 13.7. The number of carbonyl (C=O) groups excluding carboxylic acids is 1. The molecule has 0 aliphatic carbocycles. The molecule has 2 aliphatic rings. The van der Waals surface area contributed by atoms with Crippen LogP contribution in [0.4, 0.5) is 13.2 Å². The van der Waals surface area contributed by atoms with Gasteiger partial charge in [-0.1, -0.05) is 13.8 Å². The van der Waals surface area contributed by atoms with Crippen molar-refractivity contribution in [3.63, 3.8) is 0 Å². The molecular formula is C27H31F3N10O. The first kappa shape index (κ1) is 27.3. The fourth-order valence-electron chi connectivity index (χ4n) is 5.44. The molecule has 2 saturated heterocycles. The van der Waals surface area contributed by atoms with Gasteiger partial charge in [-0.3, -0.25) is 14.4 Å². The number of H-pyrrole nitrogens is 1. The topological polar surface area (TPSA) is 121 Å². The summed E-state index contributed by atoms with van der Waals surface area (Å²) < 4.78 is 42.3. The predicted octanol–water partition coefficient (Wildman–Crippen LogP) is 3.29. The Hall–Kier alpha value is -3.91. The fraction of sp³-hybridized carbons (Fsp3) is 0.481. The summed E-state index contributed by atoms with van der Waals surface area (Å²) in [6.45, 7) is 6.50. The number of carbonyl (C=O) groups is 1. The molecule has 1 amide bonds. The number of nitrogens with zero attached hydrogens (tertiary/aromatic N) is 8. The van der Waals surface area contributed by atoms with Gasteiger partial charge >= 0.3 is 6.18 Å². The summed E-state index contributed by atoms with van der Waals surface area (Å²) >= 11 is 0. The number of halogens is 3. The van der Waals surface area contributed by atoms with Gasteiger partial charge < -0.3 is 15.2 Å². The number of hydrogen-bond acceptors (Lipinski definition) is 8. The minimum atomic E-state index is -4.73. The van der Waals surface area contributed by atoms with Crippen LogP contribution in [0, 0.1) is 0 Å². The van der Waals surface area contributed by atoms with Crippen LogP contribution in [-0.2, 0) is 12.7 Å². The third kappa shape index (κ3) is 5.66. The Bertz CT molecular complexity index is 1530. The molecular weight excluding hydrogens is 537 g/mol. The molecule has 0 bridgehead atoms. The minimum Gasteiger partial charge on any atom is -0.346 e. The largest absolute Gasteiger partial charge is 0.451 e. The van der Waals surface area contributed by atoms with Gasteiger partial charge in [-0.25, -0.2) is 19.9 Å². The van der Waals surface area contributed by atoms with Crippen molar-refractivity contribution in [1.29, 1.82) is 0 Å². The minimum absolute atomic E-state index is 0.0583. The summed E-state index contributed by atoms with van der Waals surface area (Å²) in [4.78, 5) is 36.1. The van der Waals surface area contributed by atoms with Crippen molar-refractivity contribution in [1.82, 2.24) is 49.8 Å². The Morgan fingerprint density at radius 1 is 1.15 bits per heavy atom. The van der Waals surface area contributed by atoms with Gasteiger partial charge in [-0.05, 0) is 25.0 Å². The number of rotatable bonds is 7. The monoisotopic (exact) mass is 568 g/mol. The number of aromatic nitrogens is 7. The number of likely N-dealkylation sites (tertiary alicyclic amines) is 2. The van der Waals surface area contributed by atoms with Crippen molar-refractivity contribution < 1.29 is 18.0 Å². The zero-order valence-corrected chi connectivity index (χ0v) is 22.8. The first-order valence-corrected chi connectivity index (χ1v) is 13.7. The van der Waals surface area contributed by atoms with Crippen molar-refractivity contribution in [2.75, 3.05) is 26.2 Å². The van der Waals surface area contributed by atoms with Crippen LogP contribution in [0.15, 0.2) is 37.1 Å². The van der Waals surface area contributed by atoms with Crippen LogP contribution >= 0.6 is 0 Å². The van der Waals surface area contributed by atoms with Crippen molar-refractivity contribution >= 4 is 16.9 Å². The summed E-state index contributed by atoms with van der Waals surface area (Å²) in [6, 6.07) is 3.91. The Labute approximate surface area is 234 Å². The highest BCUT2D eigenvalue weighted by Gasteiger charge is 2.38. The van der Waals surface area contributed by atoms with Gasteiger partial charge in [0, 0.05) is 68.2 Å². The second kappa shape index (κ2) is 10.8. The zero-order valence-electron chi connectivity index (χ0n) is 22.8. The van der Waals surface area contributed by atoms with E-state index in [0.29, 0.717) is 19.1 Å². The molecule has 0 spiro atoms. The van der Waals surface area contributed by atoms with Gasteiger partial charge in [-0.2, -0.15) is 18.3 Å². The average molecular weight is 569 g/mol. The molecule has 2 N–H and O–H groups in total. The van der Waals surface area contributed by atoms with E-state index >= 15 is 0 Å². The van der Waals surface area contributed by atoms with Gasteiger partial charge in [0.25, 0.3) is 5.91 Å². The molecule has 0 unspecified atom stereocenters. The van der Waals surface area contributed by atoms with E-state index in [9.17, 15) is 18.0 Å². The molecule has 4 aromatic rings. The van der Waals surface area contributed by atoms with Crippen molar-refractivity contribution in [3.8, 4) is 11.3 Å². The maximum atomic E-state index is 13.4. The van der Waals surface area contributed by atoms with Crippen molar-refractivity contribution in [3.05, 3.63) is 54.3 Å². The summed E-state index contributed by atoms with van der Waals surface area (Å²) in [7, 11) is 0. The summed E-state index contributed by atoms with van der Waals surface area (Å²) in [6.07, 6.45) is 3.97. The van der Waals surface area contributed by atoms with Crippen LogP contribution in [0.1, 0.15) is 54.7 Å². The smallest absolute Gasteiger partial charge is 0.346 e. The van der Waals surface area contributed by atoms with Crippen molar-refractivity contribution in [2.45, 2.75) is 57.5 Å². The SMILES string of the molecule is CC(C)NCc1cc(C(=O)N2CCC(N3CC(n4cc(-c5ncnc6[nH]ccc56)cn4)C3)CC2)nc(C(F)(F)F)n1. The number of piperidine rings is 1.